The molecule has 2 atom stereocenters. The van der Waals surface area contributed by atoms with Crippen LogP contribution in [0.3, 0.4) is 0 Å². The number of amides is 2. The van der Waals surface area contributed by atoms with Crippen molar-refractivity contribution in [3.63, 3.8) is 0 Å². The van der Waals surface area contributed by atoms with Gasteiger partial charge in [-0.25, -0.2) is 9.59 Å². The number of carbonyl (C=O) groups is 2. The highest BCUT2D eigenvalue weighted by atomic mass is 32.1. The lowest BCUT2D eigenvalue weighted by Crippen LogP contribution is -2.51. The maximum atomic E-state index is 12.5. The number of nitrogens with zero attached hydrogens (tertiary/aromatic N) is 1. The highest BCUT2D eigenvalue weighted by molar-refractivity contribution is 7.14. The van der Waals surface area contributed by atoms with Crippen LogP contribution in [0.25, 0.3) is 0 Å². The molecule has 0 radical (unpaired) electrons. The number of carbonyl (C=O) groups excluding carboxylic acids is 1. The third kappa shape index (κ3) is 2.90. The molecule has 1 saturated heterocycles. The highest BCUT2D eigenvalue weighted by Gasteiger charge is 2.36. The van der Waals surface area contributed by atoms with Gasteiger partial charge in [-0.15, -0.1) is 11.3 Å². The second-order valence-corrected chi connectivity index (χ2v) is 6.76. The van der Waals surface area contributed by atoms with Crippen LogP contribution in [-0.2, 0) is 0 Å². The summed E-state index contributed by atoms with van der Waals surface area (Å²) in [5.41, 5.74) is 0.172. The summed E-state index contributed by atoms with van der Waals surface area (Å²) in [5, 5.41) is 14.0. The van der Waals surface area contributed by atoms with Gasteiger partial charge < -0.3 is 10.0 Å². The molecule has 5 nitrogen and oxygen atoms in total. The molecule has 0 spiro atoms. The number of likely N-dealkylation sites (tertiary alicyclic amines) is 1. The number of fused-ring (bicyclic) bond motifs is 1. The van der Waals surface area contributed by atoms with Gasteiger partial charge in [-0.2, -0.15) is 0 Å². The van der Waals surface area contributed by atoms with E-state index in [1.165, 1.54) is 43.1 Å². The first kappa shape index (κ1) is 14.4. The zero-order valence-corrected chi connectivity index (χ0v) is 12.7. The maximum absolute atomic E-state index is 12.5. The molecule has 0 unspecified atom stereocenters. The number of hydrogen-bond acceptors (Lipinski definition) is 3. The van der Waals surface area contributed by atoms with Crippen molar-refractivity contribution in [2.24, 2.45) is 5.92 Å². The average Bonchev–Trinajstić information content (AvgIpc) is 2.95. The molecule has 0 aromatic carbocycles. The smallest absolute Gasteiger partial charge is 0.338 e. The summed E-state index contributed by atoms with van der Waals surface area (Å²) in [5.74, 6) is -0.374. The summed E-state index contributed by atoms with van der Waals surface area (Å²) in [7, 11) is 0. The SMILES string of the molecule is O=C(O)c1ccsc1NC(=O)N1CCC[C@H]2CCCC[C@H]21. The standard InChI is InChI=1S/C15H20N2O3S/c18-14(19)11-7-9-21-13(11)16-15(20)17-8-3-5-10-4-1-2-6-12(10)17/h7,9-10,12H,1-6,8H2,(H,16,20)(H,18,19)/t10-,12-/m1/s1. The second-order valence-electron chi connectivity index (χ2n) is 5.85. The lowest BCUT2D eigenvalue weighted by atomic mass is 9.78. The fraction of sp³-hybridized carbons (Fsp3) is 0.600. The molecule has 114 valence electrons. The van der Waals surface area contributed by atoms with Gasteiger partial charge in [-0.05, 0) is 43.0 Å². The molecule has 2 heterocycles. The Labute approximate surface area is 128 Å². The van der Waals surface area contributed by atoms with Crippen molar-refractivity contribution in [3.05, 3.63) is 17.0 Å². The average molecular weight is 308 g/mol. The Balaban J connectivity index is 1.72. The van der Waals surface area contributed by atoms with Gasteiger partial charge in [-0.1, -0.05) is 12.8 Å². The van der Waals surface area contributed by atoms with E-state index < -0.39 is 5.97 Å². The molecule has 2 N–H and O–H groups in total. The molecule has 0 bridgehead atoms. The molecule has 2 aliphatic rings. The molecule has 1 aliphatic carbocycles. The van der Waals surface area contributed by atoms with E-state index >= 15 is 0 Å². The van der Waals surface area contributed by atoms with E-state index in [1.54, 1.807) is 5.38 Å². The molecule has 6 heteroatoms. The van der Waals surface area contributed by atoms with Gasteiger partial charge in [0.05, 0.1) is 5.56 Å². The Kier molecular flexibility index (Phi) is 4.14. The second kappa shape index (κ2) is 6.05. The van der Waals surface area contributed by atoms with Crippen LogP contribution in [0.4, 0.5) is 9.80 Å². The maximum Gasteiger partial charge on any atom is 0.338 e. The lowest BCUT2D eigenvalue weighted by Gasteiger charge is -2.43. The molecular weight excluding hydrogens is 288 g/mol. The van der Waals surface area contributed by atoms with Gasteiger partial charge in [0, 0.05) is 12.6 Å². The Morgan fingerprint density at radius 2 is 2.00 bits per heavy atom. The van der Waals surface area contributed by atoms with Crippen LogP contribution in [0.5, 0.6) is 0 Å². The Bertz CT molecular complexity index is 541. The summed E-state index contributed by atoms with van der Waals surface area (Å²) < 4.78 is 0. The van der Waals surface area contributed by atoms with E-state index in [-0.39, 0.29) is 11.6 Å². The lowest BCUT2D eigenvalue weighted by molar-refractivity contribution is 0.0698. The normalized spacial score (nSPS) is 25.2. The van der Waals surface area contributed by atoms with Crippen molar-refractivity contribution in [1.29, 1.82) is 0 Å². The van der Waals surface area contributed by atoms with Crippen molar-refractivity contribution in [3.8, 4) is 0 Å². The van der Waals surface area contributed by atoms with Crippen molar-refractivity contribution in [1.82, 2.24) is 4.90 Å². The summed E-state index contributed by atoms with van der Waals surface area (Å²) >= 11 is 1.26. The minimum Gasteiger partial charge on any atom is -0.478 e. The molecule has 1 aromatic rings. The summed E-state index contributed by atoms with van der Waals surface area (Å²) in [4.78, 5) is 25.6. The topological polar surface area (TPSA) is 69.6 Å². The van der Waals surface area contributed by atoms with Gasteiger partial charge in [-0.3, -0.25) is 5.32 Å². The third-order valence-corrected chi connectivity index (χ3v) is 5.45. The number of hydrogen-bond donors (Lipinski definition) is 2. The van der Waals surface area contributed by atoms with Gasteiger partial charge in [0.1, 0.15) is 5.00 Å². The predicted molar refractivity (Wildman–Crippen MR) is 82.0 cm³/mol. The van der Waals surface area contributed by atoms with Gasteiger partial charge in [0.25, 0.3) is 0 Å². The van der Waals surface area contributed by atoms with Crippen molar-refractivity contribution < 1.29 is 14.7 Å². The van der Waals surface area contributed by atoms with Crippen molar-refractivity contribution >= 4 is 28.3 Å². The van der Waals surface area contributed by atoms with Crippen LogP contribution >= 0.6 is 11.3 Å². The van der Waals surface area contributed by atoms with Crippen molar-refractivity contribution in [2.45, 2.75) is 44.6 Å². The number of piperidine rings is 1. The Hall–Kier alpha value is -1.56. The number of carboxylic acids is 1. The Morgan fingerprint density at radius 3 is 2.81 bits per heavy atom. The van der Waals surface area contributed by atoms with Gasteiger partial charge in [0.2, 0.25) is 0 Å². The van der Waals surface area contributed by atoms with Crippen LogP contribution in [0.2, 0.25) is 0 Å². The van der Waals surface area contributed by atoms with E-state index in [1.807, 2.05) is 4.90 Å². The molecule has 1 aromatic heterocycles. The number of urea groups is 1. The molecule has 1 aliphatic heterocycles. The Morgan fingerprint density at radius 1 is 1.24 bits per heavy atom. The number of nitrogens with one attached hydrogen (secondary N) is 1. The van der Waals surface area contributed by atoms with Crippen LogP contribution in [0.15, 0.2) is 11.4 Å². The van der Waals surface area contributed by atoms with Gasteiger partial charge >= 0.3 is 12.0 Å². The molecule has 2 amide bonds. The molecule has 1 saturated carbocycles. The molecule has 2 fully saturated rings. The summed E-state index contributed by atoms with van der Waals surface area (Å²) in [6.45, 7) is 0.779. The van der Waals surface area contributed by atoms with E-state index in [2.05, 4.69) is 5.32 Å². The van der Waals surface area contributed by atoms with Crippen LogP contribution < -0.4 is 5.32 Å². The number of carboxylic acid groups (broad SMARTS) is 1. The van der Waals surface area contributed by atoms with Gasteiger partial charge in [0.15, 0.2) is 0 Å². The summed E-state index contributed by atoms with van der Waals surface area (Å²) in [6, 6.07) is 1.72. The van der Waals surface area contributed by atoms with E-state index in [9.17, 15) is 9.59 Å². The molecule has 21 heavy (non-hydrogen) atoms. The van der Waals surface area contributed by atoms with Crippen LogP contribution in [0.1, 0.15) is 48.9 Å². The zero-order valence-electron chi connectivity index (χ0n) is 11.9. The first-order valence-electron chi connectivity index (χ1n) is 7.55. The number of thiophene rings is 1. The van der Waals surface area contributed by atoms with Crippen molar-refractivity contribution in [2.75, 3.05) is 11.9 Å². The first-order valence-corrected chi connectivity index (χ1v) is 8.43. The molecular formula is C15H20N2O3S. The highest BCUT2D eigenvalue weighted by Crippen LogP contribution is 2.35. The third-order valence-electron chi connectivity index (χ3n) is 4.62. The zero-order chi connectivity index (χ0) is 14.8. The number of anilines is 1. The predicted octanol–water partition coefficient (Wildman–Crippen LogP) is 3.63. The minimum absolute atomic E-state index is 0.142. The first-order chi connectivity index (χ1) is 10.2. The van der Waals surface area contributed by atoms with E-state index in [0.29, 0.717) is 17.0 Å². The quantitative estimate of drug-likeness (QED) is 0.876. The molecule has 3 rings (SSSR count). The fourth-order valence-electron chi connectivity index (χ4n) is 3.62. The van der Waals surface area contributed by atoms with Crippen LogP contribution in [0, 0.1) is 5.92 Å². The minimum atomic E-state index is -0.999. The largest absolute Gasteiger partial charge is 0.478 e. The summed E-state index contributed by atoms with van der Waals surface area (Å²) in [6.07, 6.45) is 7.01. The monoisotopic (exact) mass is 308 g/mol. The van der Waals surface area contributed by atoms with E-state index in [4.69, 9.17) is 5.11 Å². The fourth-order valence-corrected chi connectivity index (χ4v) is 4.39. The van der Waals surface area contributed by atoms with E-state index in [0.717, 1.165) is 19.4 Å². The van der Waals surface area contributed by atoms with Crippen LogP contribution in [-0.4, -0.2) is 34.6 Å². The number of rotatable bonds is 2. The number of aromatic carboxylic acids is 1.